The van der Waals surface area contributed by atoms with Gasteiger partial charge in [0.1, 0.15) is 5.76 Å². The first-order valence-electron chi connectivity index (χ1n) is 8.94. The monoisotopic (exact) mass is 358 g/mol. The zero-order valence-corrected chi connectivity index (χ0v) is 15.4. The molecule has 3 rings (SSSR count). The Bertz CT molecular complexity index is 725. The third kappa shape index (κ3) is 5.06. The van der Waals surface area contributed by atoms with Gasteiger partial charge in [-0.15, -0.1) is 0 Å². The number of nitrogens with zero attached hydrogens (tertiary/aromatic N) is 3. The number of rotatable bonds is 7. The fraction of sp³-hybridized carbons (Fsp3) is 0.474. The molecule has 2 heterocycles. The van der Waals surface area contributed by atoms with E-state index in [9.17, 15) is 4.79 Å². The molecule has 1 amide bonds. The molecule has 26 heavy (non-hydrogen) atoms. The Morgan fingerprint density at radius 3 is 2.81 bits per heavy atom. The number of anilines is 2. The molecule has 140 valence electrons. The number of amides is 1. The van der Waals surface area contributed by atoms with E-state index in [1.807, 2.05) is 7.05 Å². The topological polar surface area (TPSA) is 70.8 Å². The van der Waals surface area contributed by atoms with Gasteiger partial charge >= 0.3 is 0 Å². The number of carbonyl (C=O) groups excluding carboxylic acids is 1. The van der Waals surface area contributed by atoms with E-state index < -0.39 is 0 Å². The van der Waals surface area contributed by atoms with Gasteiger partial charge in [0, 0.05) is 44.4 Å². The molecule has 0 bridgehead atoms. The van der Waals surface area contributed by atoms with E-state index in [-0.39, 0.29) is 5.91 Å². The van der Waals surface area contributed by atoms with E-state index in [2.05, 4.69) is 44.5 Å². The lowest BCUT2D eigenvalue weighted by Gasteiger charge is -2.31. The Hall–Kier alpha value is -2.38. The molecule has 0 spiro atoms. The molecule has 7 nitrogen and oxygen atoms in total. The van der Waals surface area contributed by atoms with Crippen LogP contribution in [0.25, 0.3) is 0 Å². The number of aromatic nitrogens is 1. The lowest BCUT2D eigenvalue weighted by molar-refractivity contribution is -0.116. The lowest BCUT2D eigenvalue weighted by Crippen LogP contribution is -2.37. The highest BCUT2D eigenvalue weighted by atomic mass is 16.5. The van der Waals surface area contributed by atoms with E-state index in [0.29, 0.717) is 24.5 Å². The molecule has 0 radical (unpaired) electrons. The van der Waals surface area contributed by atoms with Crippen LogP contribution in [0.4, 0.5) is 11.5 Å². The quantitative estimate of drug-likeness (QED) is 0.819. The fourth-order valence-corrected chi connectivity index (χ4v) is 3.05. The summed E-state index contributed by atoms with van der Waals surface area (Å²) < 4.78 is 10.4. The van der Waals surface area contributed by atoms with Crippen molar-refractivity contribution in [3.8, 4) is 0 Å². The molecule has 0 atom stereocenters. The molecular formula is C19H26N4O3. The van der Waals surface area contributed by atoms with Crippen LogP contribution in [0.15, 0.2) is 34.9 Å². The van der Waals surface area contributed by atoms with Crippen LogP contribution < -0.4 is 10.2 Å². The molecule has 0 saturated carbocycles. The van der Waals surface area contributed by atoms with Crippen molar-refractivity contribution < 1.29 is 14.1 Å². The largest absolute Gasteiger partial charge is 0.378 e. The second-order valence-corrected chi connectivity index (χ2v) is 6.59. The Morgan fingerprint density at radius 2 is 2.08 bits per heavy atom. The van der Waals surface area contributed by atoms with E-state index in [0.717, 1.165) is 32.8 Å². The smallest absolute Gasteiger partial charge is 0.226 e. The predicted octanol–water partition coefficient (Wildman–Crippen LogP) is 2.28. The van der Waals surface area contributed by atoms with Crippen molar-refractivity contribution in [2.24, 2.45) is 0 Å². The number of para-hydroxylation sites is 1. The lowest BCUT2D eigenvalue weighted by atomic mass is 10.1. The van der Waals surface area contributed by atoms with Crippen LogP contribution in [0.3, 0.4) is 0 Å². The van der Waals surface area contributed by atoms with Crippen molar-refractivity contribution in [1.82, 2.24) is 10.1 Å². The first-order chi connectivity index (χ1) is 12.6. The SMILES string of the molecule is Cc1cc(NC(=O)CCN(C)Cc2ccccc2N2CCOCC2)no1. The summed E-state index contributed by atoms with van der Waals surface area (Å²) in [5.41, 5.74) is 2.52. The highest BCUT2D eigenvalue weighted by Crippen LogP contribution is 2.22. The second-order valence-electron chi connectivity index (χ2n) is 6.59. The van der Waals surface area contributed by atoms with Gasteiger partial charge in [-0.3, -0.25) is 4.79 Å². The summed E-state index contributed by atoms with van der Waals surface area (Å²) in [7, 11) is 2.03. The van der Waals surface area contributed by atoms with Crippen molar-refractivity contribution in [2.75, 3.05) is 50.1 Å². The van der Waals surface area contributed by atoms with E-state index in [1.54, 1.807) is 13.0 Å². The number of carbonyl (C=O) groups is 1. The number of hydrogen-bond acceptors (Lipinski definition) is 6. The predicted molar refractivity (Wildman–Crippen MR) is 100 cm³/mol. The van der Waals surface area contributed by atoms with Gasteiger partial charge in [-0.25, -0.2) is 0 Å². The molecule has 0 unspecified atom stereocenters. The highest BCUT2D eigenvalue weighted by molar-refractivity contribution is 5.89. The van der Waals surface area contributed by atoms with Crippen molar-refractivity contribution in [2.45, 2.75) is 19.9 Å². The Morgan fingerprint density at radius 1 is 1.31 bits per heavy atom. The van der Waals surface area contributed by atoms with Crippen molar-refractivity contribution in [3.05, 3.63) is 41.7 Å². The summed E-state index contributed by atoms with van der Waals surface area (Å²) in [4.78, 5) is 16.6. The number of morpholine rings is 1. The molecule has 1 saturated heterocycles. The normalized spacial score (nSPS) is 14.7. The first kappa shape index (κ1) is 18.4. The van der Waals surface area contributed by atoms with Crippen molar-refractivity contribution in [3.63, 3.8) is 0 Å². The van der Waals surface area contributed by atoms with Crippen LogP contribution in [-0.2, 0) is 16.1 Å². The van der Waals surface area contributed by atoms with Crippen LogP contribution in [0, 0.1) is 6.92 Å². The van der Waals surface area contributed by atoms with E-state index in [1.165, 1.54) is 11.3 Å². The molecule has 2 aromatic rings. The number of benzene rings is 1. The maximum absolute atomic E-state index is 12.1. The van der Waals surface area contributed by atoms with E-state index in [4.69, 9.17) is 9.26 Å². The van der Waals surface area contributed by atoms with Gasteiger partial charge in [0.15, 0.2) is 5.82 Å². The molecule has 1 aliphatic heterocycles. The fourth-order valence-electron chi connectivity index (χ4n) is 3.05. The highest BCUT2D eigenvalue weighted by Gasteiger charge is 2.15. The summed E-state index contributed by atoms with van der Waals surface area (Å²) >= 11 is 0. The maximum atomic E-state index is 12.1. The summed E-state index contributed by atoms with van der Waals surface area (Å²) in [6, 6.07) is 10.2. The number of hydrogen-bond donors (Lipinski definition) is 1. The molecule has 1 aromatic heterocycles. The Balaban J connectivity index is 1.51. The second kappa shape index (κ2) is 8.82. The standard InChI is InChI=1S/C19H26N4O3/c1-15-13-18(21-26-15)20-19(24)7-8-22(2)14-16-5-3-4-6-17(16)23-9-11-25-12-10-23/h3-6,13H,7-12,14H2,1-2H3,(H,20,21,24). The summed E-state index contributed by atoms with van der Waals surface area (Å²) in [5, 5.41) is 6.53. The Kier molecular flexibility index (Phi) is 6.25. The van der Waals surface area contributed by atoms with Crippen LogP contribution in [0.1, 0.15) is 17.7 Å². The molecule has 1 fully saturated rings. The first-order valence-corrected chi connectivity index (χ1v) is 8.94. The molecule has 0 aliphatic carbocycles. The van der Waals surface area contributed by atoms with E-state index >= 15 is 0 Å². The van der Waals surface area contributed by atoms with Gasteiger partial charge in [0.2, 0.25) is 5.91 Å². The van der Waals surface area contributed by atoms with Gasteiger partial charge in [-0.05, 0) is 25.6 Å². The van der Waals surface area contributed by atoms with Gasteiger partial charge < -0.3 is 24.4 Å². The summed E-state index contributed by atoms with van der Waals surface area (Å²) in [5.74, 6) is 1.08. The van der Waals surface area contributed by atoms with Gasteiger partial charge in [0.05, 0.1) is 13.2 Å². The molecule has 1 N–H and O–H groups in total. The molecular weight excluding hydrogens is 332 g/mol. The average molecular weight is 358 g/mol. The van der Waals surface area contributed by atoms with Gasteiger partial charge in [-0.2, -0.15) is 0 Å². The third-order valence-electron chi connectivity index (χ3n) is 4.40. The minimum Gasteiger partial charge on any atom is -0.378 e. The average Bonchev–Trinajstić information content (AvgIpc) is 3.06. The molecule has 1 aliphatic rings. The summed E-state index contributed by atoms with van der Waals surface area (Å²) in [6.45, 7) is 6.63. The minimum atomic E-state index is -0.0633. The van der Waals surface area contributed by atoms with Gasteiger partial charge in [-0.1, -0.05) is 23.4 Å². The minimum absolute atomic E-state index is 0.0633. The Labute approximate surface area is 153 Å². The van der Waals surface area contributed by atoms with Gasteiger partial charge in [0.25, 0.3) is 0 Å². The summed E-state index contributed by atoms with van der Waals surface area (Å²) in [6.07, 6.45) is 0.405. The van der Waals surface area contributed by atoms with Crippen LogP contribution in [0.2, 0.25) is 0 Å². The number of ether oxygens (including phenoxy) is 1. The number of nitrogens with one attached hydrogen (secondary N) is 1. The zero-order valence-electron chi connectivity index (χ0n) is 15.4. The molecule has 7 heteroatoms. The molecule has 1 aromatic carbocycles. The van der Waals surface area contributed by atoms with Crippen molar-refractivity contribution >= 4 is 17.4 Å². The van der Waals surface area contributed by atoms with Crippen molar-refractivity contribution in [1.29, 1.82) is 0 Å². The van der Waals surface area contributed by atoms with Crippen LogP contribution >= 0.6 is 0 Å². The number of aryl methyl sites for hydroxylation is 1. The third-order valence-corrected chi connectivity index (χ3v) is 4.40. The van der Waals surface area contributed by atoms with Crippen LogP contribution in [0.5, 0.6) is 0 Å². The van der Waals surface area contributed by atoms with Crippen LogP contribution in [-0.4, -0.2) is 55.9 Å². The maximum Gasteiger partial charge on any atom is 0.226 e. The zero-order chi connectivity index (χ0) is 18.4.